The van der Waals surface area contributed by atoms with Crippen molar-refractivity contribution in [2.45, 2.75) is 58.7 Å². The maximum atomic E-state index is 11.9. The van der Waals surface area contributed by atoms with Crippen LogP contribution in [0.3, 0.4) is 0 Å². The van der Waals surface area contributed by atoms with Crippen LogP contribution in [-0.4, -0.2) is 38.5 Å². The molecular formula is C19H32N2O4. The van der Waals surface area contributed by atoms with Crippen LogP contribution in [0, 0.1) is 0 Å². The molecule has 1 aromatic carbocycles. The Labute approximate surface area is 151 Å². The lowest BCUT2D eigenvalue weighted by molar-refractivity contribution is 0.0501. The fraction of sp³-hybridized carbons (Fsp3) is 0.632. The lowest BCUT2D eigenvalue weighted by Crippen LogP contribution is -2.44. The third-order valence-corrected chi connectivity index (χ3v) is 3.49. The zero-order chi connectivity index (χ0) is 18.9. The number of alkyl carbamates (subject to hydrolysis) is 1. The third-order valence-electron chi connectivity index (χ3n) is 3.49. The van der Waals surface area contributed by atoms with E-state index in [-0.39, 0.29) is 12.1 Å². The summed E-state index contributed by atoms with van der Waals surface area (Å²) < 4.78 is 15.9. The molecule has 1 atom stereocenters. The molecule has 0 saturated heterocycles. The van der Waals surface area contributed by atoms with E-state index in [1.807, 2.05) is 39.0 Å². The summed E-state index contributed by atoms with van der Waals surface area (Å²) in [5, 5.41) is 6.31. The quantitative estimate of drug-likeness (QED) is 0.712. The lowest BCUT2D eigenvalue weighted by atomic mass is 10.1. The Balaban J connectivity index is 2.56. The molecule has 1 amide bonds. The van der Waals surface area contributed by atoms with E-state index in [1.165, 1.54) is 0 Å². The first-order valence-corrected chi connectivity index (χ1v) is 8.69. The first-order chi connectivity index (χ1) is 11.8. The summed E-state index contributed by atoms with van der Waals surface area (Å²) in [5.74, 6) is 1.52. The Morgan fingerprint density at radius 1 is 1.12 bits per heavy atom. The predicted molar refractivity (Wildman–Crippen MR) is 99.3 cm³/mol. The van der Waals surface area contributed by atoms with Gasteiger partial charge in [-0.1, -0.05) is 13.3 Å². The van der Waals surface area contributed by atoms with E-state index in [9.17, 15) is 4.79 Å². The number of nitrogens with one attached hydrogen (secondary N) is 2. The number of hydrogen-bond donors (Lipinski definition) is 2. The molecular weight excluding hydrogens is 320 g/mol. The Morgan fingerprint density at radius 2 is 1.72 bits per heavy atom. The topological polar surface area (TPSA) is 68.8 Å². The van der Waals surface area contributed by atoms with Crippen LogP contribution >= 0.6 is 0 Å². The number of amides is 1. The molecule has 142 valence electrons. The number of ether oxygens (including phenoxy) is 3. The van der Waals surface area contributed by atoms with Gasteiger partial charge in [-0.3, -0.25) is 0 Å². The van der Waals surface area contributed by atoms with Gasteiger partial charge in [0, 0.05) is 25.2 Å². The predicted octanol–water partition coefficient (Wildman–Crippen LogP) is 3.49. The van der Waals surface area contributed by atoms with Crippen LogP contribution in [-0.2, 0) is 11.3 Å². The van der Waals surface area contributed by atoms with E-state index < -0.39 is 5.60 Å². The molecule has 0 heterocycles. The van der Waals surface area contributed by atoms with Crippen LogP contribution in [0.2, 0.25) is 0 Å². The van der Waals surface area contributed by atoms with Gasteiger partial charge in [-0.2, -0.15) is 0 Å². The molecule has 6 nitrogen and oxygen atoms in total. The average Bonchev–Trinajstić information content (AvgIpc) is 2.52. The molecule has 0 spiro atoms. The van der Waals surface area contributed by atoms with Crippen molar-refractivity contribution in [3.8, 4) is 11.5 Å². The van der Waals surface area contributed by atoms with Crippen molar-refractivity contribution < 1.29 is 19.0 Å². The highest BCUT2D eigenvalue weighted by atomic mass is 16.6. The minimum Gasteiger partial charge on any atom is -0.497 e. The number of methoxy groups -OCH3 is 2. The molecule has 25 heavy (non-hydrogen) atoms. The monoisotopic (exact) mass is 352 g/mol. The van der Waals surface area contributed by atoms with E-state index in [2.05, 4.69) is 17.6 Å². The highest BCUT2D eigenvalue weighted by Crippen LogP contribution is 2.22. The van der Waals surface area contributed by atoms with Crippen LogP contribution in [0.15, 0.2) is 18.2 Å². The van der Waals surface area contributed by atoms with Crippen molar-refractivity contribution in [2.75, 3.05) is 20.8 Å². The molecule has 1 aromatic rings. The van der Waals surface area contributed by atoms with Gasteiger partial charge in [0.1, 0.15) is 17.1 Å². The number of carbonyl (C=O) groups is 1. The minimum atomic E-state index is -0.495. The van der Waals surface area contributed by atoms with Crippen molar-refractivity contribution in [3.63, 3.8) is 0 Å². The highest BCUT2D eigenvalue weighted by Gasteiger charge is 2.19. The Kier molecular flexibility index (Phi) is 8.55. The zero-order valence-corrected chi connectivity index (χ0v) is 16.3. The Bertz CT molecular complexity index is 518. The molecule has 0 saturated carbocycles. The second kappa shape index (κ2) is 10.1. The standard InChI is InChI=1S/C19H32N2O4/c1-7-8-15(21-18(22)25-19(2,3)4)13-20-12-14-9-16(23-5)11-17(10-14)24-6/h9-11,15,20H,7-8,12-13H2,1-6H3,(H,21,22)/t15-/m0/s1. The zero-order valence-electron chi connectivity index (χ0n) is 16.3. The van der Waals surface area contributed by atoms with Crippen LogP contribution in [0.5, 0.6) is 11.5 Å². The summed E-state index contributed by atoms with van der Waals surface area (Å²) >= 11 is 0. The summed E-state index contributed by atoms with van der Waals surface area (Å²) in [6.45, 7) is 8.98. The molecule has 0 aromatic heterocycles. The summed E-state index contributed by atoms with van der Waals surface area (Å²) in [4.78, 5) is 11.9. The Hall–Kier alpha value is -1.95. The second-order valence-corrected chi connectivity index (χ2v) is 6.98. The van der Waals surface area contributed by atoms with E-state index in [1.54, 1.807) is 14.2 Å². The number of hydrogen-bond acceptors (Lipinski definition) is 5. The molecule has 0 aliphatic heterocycles. The molecule has 0 aliphatic rings. The number of benzene rings is 1. The smallest absolute Gasteiger partial charge is 0.407 e. The largest absolute Gasteiger partial charge is 0.497 e. The third kappa shape index (κ3) is 8.63. The number of rotatable bonds is 9. The van der Waals surface area contributed by atoms with E-state index in [0.717, 1.165) is 29.9 Å². The number of carbonyl (C=O) groups excluding carboxylic acids is 1. The van der Waals surface area contributed by atoms with Gasteiger partial charge in [-0.05, 0) is 44.9 Å². The first-order valence-electron chi connectivity index (χ1n) is 8.69. The summed E-state index contributed by atoms with van der Waals surface area (Å²) in [6.07, 6.45) is 1.49. The van der Waals surface area contributed by atoms with Crippen molar-refractivity contribution in [1.82, 2.24) is 10.6 Å². The molecule has 0 fully saturated rings. The van der Waals surface area contributed by atoms with Gasteiger partial charge in [0.15, 0.2) is 0 Å². The van der Waals surface area contributed by atoms with Crippen molar-refractivity contribution in [2.24, 2.45) is 0 Å². The maximum Gasteiger partial charge on any atom is 0.407 e. The van der Waals surface area contributed by atoms with Gasteiger partial charge >= 0.3 is 6.09 Å². The molecule has 0 radical (unpaired) electrons. The summed E-state index contributed by atoms with van der Waals surface area (Å²) in [7, 11) is 3.27. The van der Waals surface area contributed by atoms with Crippen molar-refractivity contribution >= 4 is 6.09 Å². The van der Waals surface area contributed by atoms with Gasteiger partial charge in [0.25, 0.3) is 0 Å². The van der Waals surface area contributed by atoms with Gasteiger partial charge < -0.3 is 24.8 Å². The van der Waals surface area contributed by atoms with Gasteiger partial charge in [0.05, 0.1) is 14.2 Å². The molecule has 0 unspecified atom stereocenters. The van der Waals surface area contributed by atoms with Gasteiger partial charge in [0.2, 0.25) is 0 Å². The average molecular weight is 352 g/mol. The normalized spacial score (nSPS) is 12.4. The minimum absolute atomic E-state index is 0.0207. The van der Waals surface area contributed by atoms with Crippen LogP contribution in [0.1, 0.15) is 46.1 Å². The van der Waals surface area contributed by atoms with Crippen LogP contribution in [0.4, 0.5) is 4.79 Å². The van der Waals surface area contributed by atoms with Gasteiger partial charge in [-0.25, -0.2) is 4.79 Å². The van der Waals surface area contributed by atoms with Crippen molar-refractivity contribution in [3.05, 3.63) is 23.8 Å². The highest BCUT2D eigenvalue weighted by molar-refractivity contribution is 5.68. The summed E-state index contributed by atoms with van der Waals surface area (Å²) in [5.41, 5.74) is 0.564. The van der Waals surface area contributed by atoms with Crippen molar-refractivity contribution in [1.29, 1.82) is 0 Å². The molecule has 0 bridgehead atoms. The van der Waals surface area contributed by atoms with Crippen LogP contribution in [0.25, 0.3) is 0 Å². The van der Waals surface area contributed by atoms with E-state index in [4.69, 9.17) is 14.2 Å². The second-order valence-electron chi connectivity index (χ2n) is 6.98. The molecule has 2 N–H and O–H groups in total. The summed E-state index contributed by atoms with van der Waals surface area (Å²) in [6, 6.07) is 5.79. The SMILES string of the molecule is CCC[C@@H](CNCc1cc(OC)cc(OC)c1)NC(=O)OC(C)(C)C. The molecule has 1 rings (SSSR count). The lowest BCUT2D eigenvalue weighted by Gasteiger charge is -2.23. The van der Waals surface area contributed by atoms with Crippen LogP contribution < -0.4 is 20.1 Å². The molecule has 0 aliphatic carbocycles. The fourth-order valence-corrected chi connectivity index (χ4v) is 2.41. The molecule has 6 heteroatoms. The fourth-order valence-electron chi connectivity index (χ4n) is 2.41. The van der Waals surface area contributed by atoms with E-state index in [0.29, 0.717) is 13.1 Å². The Morgan fingerprint density at radius 3 is 2.20 bits per heavy atom. The first kappa shape index (κ1) is 21.1. The maximum absolute atomic E-state index is 11.9. The van der Waals surface area contributed by atoms with E-state index >= 15 is 0 Å². The van der Waals surface area contributed by atoms with Gasteiger partial charge in [-0.15, -0.1) is 0 Å².